The summed E-state index contributed by atoms with van der Waals surface area (Å²) in [6.07, 6.45) is 3.08. The Bertz CT molecular complexity index is 1110. The van der Waals surface area contributed by atoms with Crippen LogP contribution < -0.4 is 4.74 Å². The van der Waals surface area contributed by atoms with Gasteiger partial charge in [-0.3, -0.25) is 9.69 Å². The Balaban J connectivity index is 1.19. The molecule has 0 N–H and O–H groups in total. The second-order valence-corrected chi connectivity index (χ2v) is 10.7. The molecule has 0 aromatic heterocycles. The topological polar surface area (TPSA) is 70.2 Å². The first-order valence-electron chi connectivity index (χ1n) is 11.3. The maximum Gasteiger partial charge on any atom is 0.243 e. The van der Waals surface area contributed by atoms with Gasteiger partial charge in [0, 0.05) is 44.8 Å². The van der Waals surface area contributed by atoms with E-state index in [9.17, 15) is 13.2 Å². The van der Waals surface area contributed by atoms with Crippen molar-refractivity contribution in [2.24, 2.45) is 0 Å². The maximum atomic E-state index is 13.1. The van der Waals surface area contributed by atoms with E-state index >= 15 is 0 Å². The van der Waals surface area contributed by atoms with E-state index in [1.54, 1.807) is 11.0 Å². The van der Waals surface area contributed by atoms with E-state index in [-0.39, 0.29) is 5.91 Å². The number of benzene rings is 2. The summed E-state index contributed by atoms with van der Waals surface area (Å²) in [5, 5.41) is 0. The minimum Gasteiger partial charge on any atom is -0.492 e. The van der Waals surface area contributed by atoms with Crippen LogP contribution in [-0.4, -0.2) is 74.3 Å². The van der Waals surface area contributed by atoms with Crippen molar-refractivity contribution < 1.29 is 17.9 Å². The van der Waals surface area contributed by atoms with Crippen molar-refractivity contribution in [3.05, 3.63) is 59.2 Å². The number of ether oxygens (including phenoxy) is 1. The summed E-state index contributed by atoms with van der Waals surface area (Å²) in [6.45, 7) is 3.73. The summed E-state index contributed by atoms with van der Waals surface area (Å²) in [5.74, 6) is 0.923. The van der Waals surface area contributed by atoms with Gasteiger partial charge >= 0.3 is 0 Å². The third kappa shape index (κ3) is 4.27. The Morgan fingerprint density at radius 2 is 1.69 bits per heavy atom. The van der Waals surface area contributed by atoms with Crippen molar-refractivity contribution in [1.29, 1.82) is 0 Å². The van der Waals surface area contributed by atoms with E-state index in [0.29, 0.717) is 57.3 Å². The Kier molecular flexibility index (Phi) is 5.92. The standard InChI is InChI=1S/C24H29N3O4S/c28-24(18-25-14-15-31-23-7-2-1-4-21(23)17-25)26-10-12-27(13-11-26)32(29,30)22-9-8-19-5-3-6-20(19)16-22/h1-2,4,7-9,16H,3,5-6,10-15,17-18H2. The Hall–Kier alpha value is -2.42. The number of aryl methyl sites for hydroxylation is 2. The minimum atomic E-state index is -3.53. The van der Waals surface area contributed by atoms with Gasteiger partial charge in [0.25, 0.3) is 0 Å². The lowest BCUT2D eigenvalue weighted by molar-refractivity contribution is -0.133. The Labute approximate surface area is 189 Å². The van der Waals surface area contributed by atoms with Crippen LogP contribution in [0, 0.1) is 0 Å². The van der Waals surface area contributed by atoms with Gasteiger partial charge < -0.3 is 9.64 Å². The number of para-hydroxylation sites is 1. The Morgan fingerprint density at radius 3 is 2.53 bits per heavy atom. The van der Waals surface area contributed by atoms with Gasteiger partial charge in [-0.15, -0.1) is 0 Å². The molecule has 2 heterocycles. The highest BCUT2D eigenvalue weighted by Gasteiger charge is 2.31. The first kappa shape index (κ1) is 21.4. The van der Waals surface area contributed by atoms with Crippen LogP contribution in [0.2, 0.25) is 0 Å². The number of piperazine rings is 1. The van der Waals surface area contributed by atoms with E-state index in [0.717, 1.165) is 36.1 Å². The zero-order valence-electron chi connectivity index (χ0n) is 18.2. The molecule has 1 aliphatic carbocycles. The van der Waals surface area contributed by atoms with Crippen LogP contribution in [0.3, 0.4) is 0 Å². The monoisotopic (exact) mass is 455 g/mol. The lowest BCUT2D eigenvalue weighted by Gasteiger charge is -2.35. The first-order valence-corrected chi connectivity index (χ1v) is 12.8. The fourth-order valence-electron chi connectivity index (χ4n) is 4.84. The molecule has 0 radical (unpaired) electrons. The van der Waals surface area contributed by atoms with Gasteiger partial charge in [-0.05, 0) is 48.6 Å². The fourth-order valence-corrected chi connectivity index (χ4v) is 6.32. The highest BCUT2D eigenvalue weighted by atomic mass is 32.2. The van der Waals surface area contributed by atoms with Gasteiger partial charge in [-0.1, -0.05) is 24.3 Å². The summed E-state index contributed by atoms with van der Waals surface area (Å²) in [6, 6.07) is 13.5. The molecule has 32 heavy (non-hydrogen) atoms. The molecule has 170 valence electrons. The molecule has 3 aliphatic rings. The molecule has 2 aromatic carbocycles. The molecular weight excluding hydrogens is 426 g/mol. The third-order valence-corrected chi connectivity index (χ3v) is 8.58. The van der Waals surface area contributed by atoms with Crippen LogP contribution in [0.15, 0.2) is 47.4 Å². The second kappa shape index (κ2) is 8.84. The van der Waals surface area contributed by atoms with Crippen LogP contribution in [0.25, 0.3) is 0 Å². The first-order chi connectivity index (χ1) is 15.5. The third-order valence-electron chi connectivity index (χ3n) is 6.69. The van der Waals surface area contributed by atoms with E-state index in [1.807, 2.05) is 36.4 Å². The molecule has 1 saturated heterocycles. The number of fused-ring (bicyclic) bond motifs is 2. The number of sulfonamides is 1. The van der Waals surface area contributed by atoms with Gasteiger partial charge in [0.2, 0.25) is 15.9 Å². The molecule has 2 aliphatic heterocycles. The molecule has 0 atom stereocenters. The summed E-state index contributed by atoms with van der Waals surface area (Å²) >= 11 is 0. The fraction of sp³-hybridized carbons (Fsp3) is 0.458. The number of hydrogen-bond donors (Lipinski definition) is 0. The van der Waals surface area contributed by atoms with E-state index < -0.39 is 10.0 Å². The lowest BCUT2D eigenvalue weighted by Crippen LogP contribution is -2.52. The van der Waals surface area contributed by atoms with Crippen molar-refractivity contribution in [1.82, 2.24) is 14.1 Å². The zero-order chi connectivity index (χ0) is 22.1. The quantitative estimate of drug-likeness (QED) is 0.704. The van der Waals surface area contributed by atoms with Gasteiger partial charge in [-0.2, -0.15) is 4.31 Å². The highest BCUT2D eigenvalue weighted by Crippen LogP contribution is 2.27. The molecular formula is C24H29N3O4S. The molecule has 0 spiro atoms. The smallest absolute Gasteiger partial charge is 0.243 e. The molecule has 1 fully saturated rings. The molecule has 0 saturated carbocycles. The van der Waals surface area contributed by atoms with Crippen molar-refractivity contribution in [3.8, 4) is 5.75 Å². The number of nitrogens with zero attached hydrogens (tertiary/aromatic N) is 3. The lowest BCUT2D eigenvalue weighted by atomic mass is 10.1. The van der Waals surface area contributed by atoms with E-state index in [4.69, 9.17) is 4.74 Å². The SMILES string of the molecule is O=C(CN1CCOc2ccccc2C1)N1CCN(S(=O)(=O)c2ccc3c(c2)CCC3)CC1. The van der Waals surface area contributed by atoms with Crippen LogP contribution in [-0.2, 0) is 34.2 Å². The average Bonchev–Trinajstić information content (AvgIpc) is 3.18. The van der Waals surface area contributed by atoms with Crippen LogP contribution in [0.4, 0.5) is 0 Å². The van der Waals surface area contributed by atoms with Crippen molar-refractivity contribution in [2.75, 3.05) is 45.9 Å². The van der Waals surface area contributed by atoms with Crippen LogP contribution in [0.5, 0.6) is 5.75 Å². The normalized spacial score (nSPS) is 19.7. The molecule has 5 rings (SSSR count). The number of rotatable bonds is 4. The molecule has 0 unspecified atom stereocenters. The predicted molar refractivity (Wildman–Crippen MR) is 121 cm³/mol. The van der Waals surface area contributed by atoms with E-state index in [2.05, 4.69) is 4.90 Å². The molecule has 1 amide bonds. The van der Waals surface area contributed by atoms with Gasteiger partial charge in [0.05, 0.1) is 11.4 Å². The van der Waals surface area contributed by atoms with Crippen LogP contribution >= 0.6 is 0 Å². The molecule has 7 nitrogen and oxygen atoms in total. The molecule has 8 heteroatoms. The number of carbonyl (C=O) groups is 1. The average molecular weight is 456 g/mol. The second-order valence-electron chi connectivity index (χ2n) is 8.74. The summed E-state index contributed by atoms with van der Waals surface area (Å²) in [5.41, 5.74) is 3.51. The Morgan fingerprint density at radius 1 is 0.906 bits per heavy atom. The van der Waals surface area contributed by atoms with E-state index in [1.165, 1.54) is 9.87 Å². The van der Waals surface area contributed by atoms with Gasteiger partial charge in [-0.25, -0.2) is 8.42 Å². The minimum absolute atomic E-state index is 0.0407. The number of carbonyl (C=O) groups excluding carboxylic acids is 1. The number of amides is 1. The maximum absolute atomic E-state index is 13.1. The van der Waals surface area contributed by atoms with Gasteiger partial charge in [0.15, 0.2) is 0 Å². The van der Waals surface area contributed by atoms with Gasteiger partial charge in [0.1, 0.15) is 12.4 Å². The van der Waals surface area contributed by atoms with Crippen LogP contribution in [0.1, 0.15) is 23.1 Å². The summed E-state index contributed by atoms with van der Waals surface area (Å²) in [7, 11) is -3.53. The van der Waals surface area contributed by atoms with Crippen molar-refractivity contribution in [2.45, 2.75) is 30.7 Å². The van der Waals surface area contributed by atoms with Crippen molar-refractivity contribution in [3.63, 3.8) is 0 Å². The van der Waals surface area contributed by atoms with Crippen molar-refractivity contribution >= 4 is 15.9 Å². The largest absolute Gasteiger partial charge is 0.492 e. The number of hydrogen-bond acceptors (Lipinski definition) is 5. The molecule has 2 aromatic rings. The highest BCUT2D eigenvalue weighted by molar-refractivity contribution is 7.89. The molecule has 0 bridgehead atoms. The predicted octanol–water partition coefficient (Wildman–Crippen LogP) is 1.90. The summed E-state index contributed by atoms with van der Waals surface area (Å²) in [4.78, 5) is 17.2. The zero-order valence-corrected chi connectivity index (χ0v) is 19.0. The summed E-state index contributed by atoms with van der Waals surface area (Å²) < 4.78 is 33.6.